The highest BCUT2D eigenvalue weighted by Crippen LogP contribution is 2.17. The molecule has 1 unspecified atom stereocenters. The molecule has 0 amide bonds. The van der Waals surface area contributed by atoms with Crippen LogP contribution in [0.4, 0.5) is 0 Å². The van der Waals surface area contributed by atoms with Crippen LogP contribution < -0.4 is 5.56 Å². The summed E-state index contributed by atoms with van der Waals surface area (Å²) in [5.74, 6) is 0. The van der Waals surface area contributed by atoms with E-state index in [2.05, 4.69) is 0 Å². The standard InChI is InChI=1S/C17H16ClNO3S/c18-15-4-2-1-3-12(15)10-22-11-13(20)9-19-7-5-16-14(17(19)21)6-8-23-16/h1-8,13,20H,9-11H2. The summed E-state index contributed by atoms with van der Waals surface area (Å²) in [4.78, 5) is 12.3. The van der Waals surface area contributed by atoms with Crippen LogP contribution in [0, 0.1) is 0 Å². The minimum Gasteiger partial charge on any atom is -0.389 e. The number of fused-ring (bicyclic) bond motifs is 1. The van der Waals surface area contributed by atoms with Gasteiger partial charge in [0, 0.05) is 15.9 Å². The van der Waals surface area contributed by atoms with Crippen LogP contribution in [0.1, 0.15) is 5.56 Å². The summed E-state index contributed by atoms with van der Waals surface area (Å²) in [6.45, 7) is 0.668. The van der Waals surface area contributed by atoms with E-state index in [4.69, 9.17) is 16.3 Å². The van der Waals surface area contributed by atoms with E-state index >= 15 is 0 Å². The predicted octanol–water partition coefficient (Wildman–Crippen LogP) is 3.29. The third-order valence-corrected chi connectivity index (χ3v) is 4.78. The van der Waals surface area contributed by atoms with Crippen molar-refractivity contribution in [2.45, 2.75) is 19.3 Å². The second-order valence-corrected chi connectivity index (χ2v) is 6.59. The highest BCUT2D eigenvalue weighted by molar-refractivity contribution is 7.17. The molecule has 0 aliphatic heterocycles. The van der Waals surface area contributed by atoms with E-state index < -0.39 is 6.10 Å². The zero-order valence-electron chi connectivity index (χ0n) is 12.3. The normalized spacial score (nSPS) is 12.6. The molecule has 1 N–H and O–H groups in total. The van der Waals surface area contributed by atoms with Crippen molar-refractivity contribution in [3.63, 3.8) is 0 Å². The van der Waals surface area contributed by atoms with Gasteiger partial charge in [0.1, 0.15) is 0 Å². The van der Waals surface area contributed by atoms with Crippen LogP contribution in [0.5, 0.6) is 0 Å². The summed E-state index contributed by atoms with van der Waals surface area (Å²) in [6.07, 6.45) is 0.949. The lowest BCUT2D eigenvalue weighted by atomic mass is 10.2. The third kappa shape index (κ3) is 3.82. The summed E-state index contributed by atoms with van der Waals surface area (Å²) in [6, 6.07) is 11.1. The summed E-state index contributed by atoms with van der Waals surface area (Å²) in [5, 5.41) is 13.3. The van der Waals surface area contributed by atoms with Crippen molar-refractivity contribution >= 4 is 33.0 Å². The van der Waals surface area contributed by atoms with Crippen LogP contribution in [0.3, 0.4) is 0 Å². The lowest BCUT2D eigenvalue weighted by Gasteiger charge is -2.13. The van der Waals surface area contributed by atoms with Gasteiger partial charge in [-0.15, -0.1) is 11.3 Å². The van der Waals surface area contributed by atoms with Crippen LogP contribution in [0.2, 0.25) is 5.02 Å². The highest BCUT2D eigenvalue weighted by atomic mass is 35.5. The fourth-order valence-electron chi connectivity index (χ4n) is 2.35. The van der Waals surface area contributed by atoms with Gasteiger partial charge in [0.05, 0.1) is 31.2 Å². The van der Waals surface area contributed by atoms with Gasteiger partial charge in [0.2, 0.25) is 0 Å². The van der Waals surface area contributed by atoms with Gasteiger partial charge in [-0.2, -0.15) is 0 Å². The molecule has 0 aliphatic carbocycles. The molecule has 2 heterocycles. The average Bonchev–Trinajstić information content (AvgIpc) is 3.01. The Morgan fingerprint density at radius 3 is 2.91 bits per heavy atom. The Labute approximate surface area is 142 Å². The number of aliphatic hydroxyl groups excluding tert-OH is 1. The number of rotatable bonds is 6. The summed E-state index contributed by atoms with van der Waals surface area (Å²) in [5.41, 5.74) is 0.784. The molecule has 0 fully saturated rings. The largest absolute Gasteiger partial charge is 0.389 e. The van der Waals surface area contributed by atoms with Crippen LogP contribution >= 0.6 is 22.9 Å². The molecule has 1 aromatic carbocycles. The van der Waals surface area contributed by atoms with Gasteiger partial charge in [-0.1, -0.05) is 29.8 Å². The Morgan fingerprint density at radius 2 is 2.09 bits per heavy atom. The first-order valence-electron chi connectivity index (χ1n) is 7.21. The number of hydrogen-bond donors (Lipinski definition) is 1. The average molecular weight is 350 g/mol. The molecule has 4 nitrogen and oxygen atoms in total. The van der Waals surface area contributed by atoms with Gasteiger partial charge >= 0.3 is 0 Å². The molecule has 23 heavy (non-hydrogen) atoms. The maximum absolute atomic E-state index is 12.3. The second-order valence-electron chi connectivity index (χ2n) is 5.23. The number of hydrogen-bond acceptors (Lipinski definition) is 4. The van der Waals surface area contributed by atoms with Gasteiger partial charge in [-0.05, 0) is 29.1 Å². The Balaban J connectivity index is 1.58. The van der Waals surface area contributed by atoms with E-state index in [9.17, 15) is 9.90 Å². The zero-order valence-corrected chi connectivity index (χ0v) is 13.9. The molecule has 1 atom stereocenters. The number of thiophene rings is 1. The molecule has 0 radical (unpaired) electrons. The van der Waals surface area contributed by atoms with Crippen LogP contribution in [0.25, 0.3) is 10.1 Å². The number of pyridine rings is 1. The Kier molecular flexibility index (Phi) is 5.13. The monoisotopic (exact) mass is 349 g/mol. The van der Waals surface area contributed by atoms with E-state index in [0.29, 0.717) is 17.0 Å². The molecule has 0 aliphatic rings. The molecule has 3 rings (SSSR count). The first-order chi connectivity index (χ1) is 11.1. The SMILES string of the molecule is O=c1c2ccsc2ccn1CC(O)COCc1ccccc1Cl. The van der Waals surface area contributed by atoms with E-state index in [1.165, 1.54) is 15.9 Å². The van der Waals surface area contributed by atoms with Gasteiger partial charge in [0.25, 0.3) is 5.56 Å². The number of benzene rings is 1. The van der Waals surface area contributed by atoms with Crippen LogP contribution in [-0.4, -0.2) is 22.4 Å². The summed E-state index contributed by atoms with van der Waals surface area (Å²) < 4.78 is 7.97. The number of aromatic nitrogens is 1. The Morgan fingerprint density at radius 1 is 1.26 bits per heavy atom. The van der Waals surface area contributed by atoms with Crippen molar-refractivity contribution < 1.29 is 9.84 Å². The molecular weight excluding hydrogens is 334 g/mol. The van der Waals surface area contributed by atoms with Crippen molar-refractivity contribution in [1.29, 1.82) is 0 Å². The topological polar surface area (TPSA) is 51.5 Å². The van der Waals surface area contributed by atoms with E-state index in [0.717, 1.165) is 10.3 Å². The van der Waals surface area contributed by atoms with Gasteiger partial charge in [0.15, 0.2) is 0 Å². The molecule has 2 aromatic heterocycles. The zero-order chi connectivity index (χ0) is 16.2. The van der Waals surface area contributed by atoms with Gasteiger partial charge < -0.3 is 14.4 Å². The number of ether oxygens (including phenoxy) is 1. The van der Waals surface area contributed by atoms with E-state index in [1.54, 1.807) is 18.3 Å². The fraction of sp³-hybridized carbons (Fsp3) is 0.235. The van der Waals surface area contributed by atoms with E-state index in [1.807, 2.05) is 29.6 Å². The van der Waals surface area contributed by atoms with Crippen molar-refractivity contribution in [2.75, 3.05) is 6.61 Å². The Hall–Kier alpha value is -1.66. The highest BCUT2D eigenvalue weighted by Gasteiger charge is 2.10. The summed E-state index contributed by atoms with van der Waals surface area (Å²) >= 11 is 7.58. The maximum Gasteiger partial charge on any atom is 0.259 e. The molecule has 0 saturated carbocycles. The van der Waals surface area contributed by atoms with E-state index in [-0.39, 0.29) is 18.7 Å². The first kappa shape index (κ1) is 16.2. The van der Waals surface area contributed by atoms with Crippen molar-refractivity contribution in [3.8, 4) is 0 Å². The molecule has 6 heteroatoms. The molecule has 0 bridgehead atoms. The molecular formula is C17H16ClNO3S. The minimum atomic E-state index is -0.758. The second kappa shape index (κ2) is 7.27. The van der Waals surface area contributed by atoms with Crippen molar-refractivity contribution in [1.82, 2.24) is 4.57 Å². The molecule has 0 spiro atoms. The first-order valence-corrected chi connectivity index (χ1v) is 8.47. The third-order valence-electron chi connectivity index (χ3n) is 3.53. The van der Waals surface area contributed by atoms with Crippen molar-refractivity contribution in [3.05, 3.63) is 68.9 Å². The lowest BCUT2D eigenvalue weighted by molar-refractivity contribution is 0.0200. The van der Waals surface area contributed by atoms with Crippen LogP contribution in [0.15, 0.2) is 52.8 Å². The number of halogens is 1. The predicted molar refractivity (Wildman–Crippen MR) is 93.2 cm³/mol. The Bertz CT molecular complexity index is 858. The van der Waals surface area contributed by atoms with Gasteiger partial charge in [-0.25, -0.2) is 0 Å². The smallest absolute Gasteiger partial charge is 0.259 e. The number of aliphatic hydroxyl groups is 1. The van der Waals surface area contributed by atoms with Crippen molar-refractivity contribution in [2.24, 2.45) is 0 Å². The van der Waals surface area contributed by atoms with Gasteiger partial charge in [-0.3, -0.25) is 4.79 Å². The quantitative estimate of drug-likeness (QED) is 0.743. The molecule has 3 aromatic rings. The summed E-state index contributed by atoms with van der Waals surface area (Å²) in [7, 11) is 0. The molecule has 0 saturated heterocycles. The minimum absolute atomic E-state index is 0.0890. The molecule has 120 valence electrons. The fourth-order valence-corrected chi connectivity index (χ4v) is 3.31. The maximum atomic E-state index is 12.3. The lowest BCUT2D eigenvalue weighted by Crippen LogP contribution is -2.28. The number of nitrogens with zero attached hydrogens (tertiary/aromatic N) is 1. The van der Waals surface area contributed by atoms with Crippen LogP contribution in [-0.2, 0) is 17.9 Å².